The number of aliphatic hydroxyl groups is 1. The Hall–Kier alpha value is -0.900. The zero-order valence-corrected chi connectivity index (χ0v) is 10.6. The Morgan fingerprint density at radius 3 is 2.94 bits per heavy atom. The molecule has 4 nitrogen and oxygen atoms in total. The van der Waals surface area contributed by atoms with Gasteiger partial charge >= 0.3 is 0 Å². The molecular weight excluding hydrogens is 214 g/mol. The largest absolute Gasteiger partial charge is 0.389 e. The summed E-state index contributed by atoms with van der Waals surface area (Å²) in [5, 5.41) is 15.0. The summed E-state index contributed by atoms with van der Waals surface area (Å²) in [5.74, 6) is 2.18. The van der Waals surface area contributed by atoms with Gasteiger partial charge in [0.2, 0.25) is 0 Å². The number of rotatable bonds is 3. The number of hydrogen-bond donors (Lipinski definition) is 1. The standard InChI is InChI=1S/C13H21N3O/c1-9(2)16-12(14-8-15-16)7-13(17)6-10-3-4-11(13)5-10/h8-11,17H,3-7H2,1-2H3. The summed E-state index contributed by atoms with van der Waals surface area (Å²) >= 11 is 0. The van der Waals surface area contributed by atoms with Crippen LogP contribution in [0.3, 0.4) is 0 Å². The van der Waals surface area contributed by atoms with E-state index in [1.54, 1.807) is 6.33 Å². The summed E-state index contributed by atoms with van der Waals surface area (Å²) in [7, 11) is 0. The van der Waals surface area contributed by atoms with Crippen LogP contribution in [0.4, 0.5) is 0 Å². The van der Waals surface area contributed by atoms with Crippen LogP contribution in [0.2, 0.25) is 0 Å². The van der Waals surface area contributed by atoms with Crippen LogP contribution >= 0.6 is 0 Å². The smallest absolute Gasteiger partial charge is 0.138 e. The first-order chi connectivity index (χ1) is 8.08. The SMILES string of the molecule is CC(C)n1ncnc1CC1(O)CC2CCC1C2. The fourth-order valence-electron chi connectivity index (χ4n) is 3.74. The average Bonchev–Trinajstić information content (AvgIpc) is 2.91. The second-order valence-corrected chi connectivity index (χ2v) is 6.08. The van der Waals surface area contributed by atoms with Crippen LogP contribution in [0.5, 0.6) is 0 Å². The minimum absolute atomic E-state index is 0.315. The number of fused-ring (bicyclic) bond motifs is 2. The van der Waals surface area contributed by atoms with Gasteiger partial charge in [0.25, 0.3) is 0 Å². The van der Waals surface area contributed by atoms with Crippen molar-refractivity contribution in [2.75, 3.05) is 0 Å². The van der Waals surface area contributed by atoms with Crippen molar-refractivity contribution in [2.24, 2.45) is 11.8 Å². The van der Waals surface area contributed by atoms with Crippen LogP contribution in [-0.2, 0) is 6.42 Å². The molecule has 17 heavy (non-hydrogen) atoms. The highest BCUT2D eigenvalue weighted by atomic mass is 16.3. The fourth-order valence-corrected chi connectivity index (χ4v) is 3.74. The molecule has 0 amide bonds. The van der Waals surface area contributed by atoms with E-state index in [-0.39, 0.29) is 0 Å². The van der Waals surface area contributed by atoms with Crippen molar-refractivity contribution in [1.82, 2.24) is 14.8 Å². The zero-order valence-electron chi connectivity index (χ0n) is 10.6. The molecule has 4 heteroatoms. The van der Waals surface area contributed by atoms with E-state index in [1.165, 1.54) is 19.3 Å². The van der Waals surface area contributed by atoms with Gasteiger partial charge in [-0.25, -0.2) is 9.67 Å². The third-order valence-corrected chi connectivity index (χ3v) is 4.54. The summed E-state index contributed by atoms with van der Waals surface area (Å²) in [6.45, 7) is 4.20. The van der Waals surface area contributed by atoms with Crippen LogP contribution in [0.25, 0.3) is 0 Å². The second kappa shape index (κ2) is 3.80. The predicted molar refractivity (Wildman–Crippen MR) is 64.5 cm³/mol. The molecule has 2 fully saturated rings. The first kappa shape index (κ1) is 11.2. The molecule has 0 aromatic carbocycles. The van der Waals surface area contributed by atoms with E-state index < -0.39 is 5.60 Å². The molecule has 1 N–H and O–H groups in total. The molecule has 0 spiro atoms. The molecule has 1 aromatic rings. The highest BCUT2D eigenvalue weighted by Crippen LogP contribution is 2.51. The normalized spacial score (nSPS) is 36.0. The van der Waals surface area contributed by atoms with Crippen molar-refractivity contribution in [2.45, 2.75) is 57.6 Å². The Kier molecular flexibility index (Phi) is 2.51. The molecule has 94 valence electrons. The lowest BCUT2D eigenvalue weighted by Crippen LogP contribution is -2.38. The number of nitrogens with zero attached hydrogens (tertiary/aromatic N) is 3. The van der Waals surface area contributed by atoms with Gasteiger partial charge in [0.1, 0.15) is 12.2 Å². The summed E-state index contributed by atoms with van der Waals surface area (Å²) in [5.41, 5.74) is -0.511. The summed E-state index contributed by atoms with van der Waals surface area (Å²) in [6, 6.07) is 0.315. The Balaban J connectivity index is 1.80. The van der Waals surface area contributed by atoms with Gasteiger partial charge in [-0.05, 0) is 51.4 Å². The molecule has 2 aliphatic carbocycles. The summed E-state index contributed by atoms with van der Waals surface area (Å²) in [4.78, 5) is 4.32. The van der Waals surface area contributed by atoms with Gasteiger partial charge in [0.05, 0.1) is 5.60 Å². The monoisotopic (exact) mass is 235 g/mol. The Morgan fingerprint density at radius 2 is 2.35 bits per heavy atom. The molecule has 3 atom stereocenters. The molecule has 0 aliphatic heterocycles. The molecule has 1 heterocycles. The van der Waals surface area contributed by atoms with Crippen molar-refractivity contribution < 1.29 is 5.11 Å². The highest BCUT2D eigenvalue weighted by molar-refractivity contribution is 5.06. The van der Waals surface area contributed by atoms with E-state index in [0.29, 0.717) is 18.4 Å². The summed E-state index contributed by atoms with van der Waals surface area (Å²) < 4.78 is 1.93. The van der Waals surface area contributed by atoms with Crippen molar-refractivity contribution in [3.05, 3.63) is 12.2 Å². The Bertz CT molecular complexity index is 415. The zero-order chi connectivity index (χ0) is 12.0. The fraction of sp³-hybridized carbons (Fsp3) is 0.846. The maximum atomic E-state index is 10.8. The van der Waals surface area contributed by atoms with E-state index in [1.807, 2.05) is 4.68 Å². The van der Waals surface area contributed by atoms with Gasteiger partial charge in [-0.3, -0.25) is 0 Å². The van der Waals surface area contributed by atoms with Gasteiger partial charge in [-0.1, -0.05) is 0 Å². The van der Waals surface area contributed by atoms with Gasteiger partial charge < -0.3 is 5.11 Å². The number of aromatic nitrogens is 3. The van der Waals surface area contributed by atoms with Gasteiger partial charge in [-0.15, -0.1) is 0 Å². The van der Waals surface area contributed by atoms with E-state index in [0.717, 1.165) is 18.2 Å². The second-order valence-electron chi connectivity index (χ2n) is 6.08. The molecule has 0 radical (unpaired) electrons. The van der Waals surface area contributed by atoms with E-state index in [9.17, 15) is 5.11 Å². The van der Waals surface area contributed by atoms with Crippen LogP contribution in [-0.4, -0.2) is 25.5 Å². The minimum Gasteiger partial charge on any atom is -0.389 e. The molecule has 1 aromatic heterocycles. The van der Waals surface area contributed by atoms with Crippen LogP contribution in [0.1, 0.15) is 51.4 Å². The Morgan fingerprint density at radius 1 is 1.53 bits per heavy atom. The molecule has 2 bridgehead atoms. The quantitative estimate of drug-likeness (QED) is 0.871. The first-order valence-electron chi connectivity index (χ1n) is 6.69. The van der Waals surface area contributed by atoms with Crippen LogP contribution < -0.4 is 0 Å². The topological polar surface area (TPSA) is 50.9 Å². The number of hydrogen-bond acceptors (Lipinski definition) is 3. The van der Waals surface area contributed by atoms with Crippen molar-refractivity contribution in [1.29, 1.82) is 0 Å². The lowest BCUT2D eigenvalue weighted by atomic mass is 9.81. The lowest BCUT2D eigenvalue weighted by Gasteiger charge is -2.32. The molecular formula is C13H21N3O. The van der Waals surface area contributed by atoms with Crippen LogP contribution in [0.15, 0.2) is 6.33 Å². The Labute approximate surface area is 102 Å². The third kappa shape index (κ3) is 1.79. The van der Waals surface area contributed by atoms with E-state index >= 15 is 0 Å². The lowest BCUT2D eigenvalue weighted by molar-refractivity contribution is -0.0151. The van der Waals surface area contributed by atoms with E-state index in [4.69, 9.17) is 0 Å². The van der Waals surface area contributed by atoms with Gasteiger partial charge in [0.15, 0.2) is 0 Å². The van der Waals surface area contributed by atoms with Crippen molar-refractivity contribution in [3.63, 3.8) is 0 Å². The first-order valence-corrected chi connectivity index (χ1v) is 6.69. The molecule has 2 aliphatic rings. The van der Waals surface area contributed by atoms with Crippen molar-refractivity contribution in [3.8, 4) is 0 Å². The predicted octanol–water partition coefficient (Wildman–Crippen LogP) is 1.95. The molecule has 0 saturated heterocycles. The maximum Gasteiger partial charge on any atom is 0.138 e. The summed E-state index contributed by atoms with van der Waals surface area (Å²) in [6.07, 6.45) is 6.95. The van der Waals surface area contributed by atoms with Gasteiger partial charge in [-0.2, -0.15) is 5.10 Å². The molecule has 3 unspecified atom stereocenters. The van der Waals surface area contributed by atoms with Crippen molar-refractivity contribution >= 4 is 0 Å². The maximum absolute atomic E-state index is 10.8. The van der Waals surface area contributed by atoms with Crippen LogP contribution in [0, 0.1) is 11.8 Å². The third-order valence-electron chi connectivity index (χ3n) is 4.54. The average molecular weight is 235 g/mol. The molecule has 3 rings (SSSR count). The highest BCUT2D eigenvalue weighted by Gasteiger charge is 2.50. The van der Waals surface area contributed by atoms with Gasteiger partial charge in [0, 0.05) is 12.5 Å². The minimum atomic E-state index is -0.511. The molecule has 2 saturated carbocycles. The van der Waals surface area contributed by atoms with E-state index in [2.05, 4.69) is 23.9 Å².